The van der Waals surface area contributed by atoms with Gasteiger partial charge in [0.2, 0.25) is 5.95 Å². The third kappa shape index (κ3) is 3.50. The zero-order valence-corrected chi connectivity index (χ0v) is 15.8. The maximum absolute atomic E-state index is 13.0. The molecule has 0 bridgehead atoms. The lowest BCUT2D eigenvalue weighted by Crippen LogP contribution is -2.34. The quantitative estimate of drug-likeness (QED) is 0.382. The van der Waals surface area contributed by atoms with Crippen molar-refractivity contribution < 1.29 is 25.2 Å². The molecule has 0 aliphatic carbocycles. The number of ether oxygens (including phenoxy) is 1. The van der Waals surface area contributed by atoms with Gasteiger partial charge in [-0.1, -0.05) is 0 Å². The number of aliphatic hydroxyl groups is 4. The van der Waals surface area contributed by atoms with E-state index in [-0.39, 0.29) is 29.2 Å². The fourth-order valence-electron chi connectivity index (χ4n) is 3.27. The molecule has 2 aromatic rings. The van der Waals surface area contributed by atoms with Crippen LogP contribution in [0.2, 0.25) is 0 Å². The first-order valence-electron chi connectivity index (χ1n) is 8.79. The van der Waals surface area contributed by atoms with E-state index in [1.54, 1.807) is 0 Å². The van der Waals surface area contributed by atoms with Crippen LogP contribution in [0.3, 0.4) is 0 Å². The second-order valence-electron chi connectivity index (χ2n) is 7.17. The Balaban J connectivity index is 2.16. The number of rotatable bonds is 5. The van der Waals surface area contributed by atoms with Gasteiger partial charge in [-0.25, -0.2) is 9.55 Å². The lowest BCUT2D eigenvalue weighted by Gasteiger charge is -2.24. The van der Waals surface area contributed by atoms with Gasteiger partial charge in [0.25, 0.3) is 5.56 Å². The third-order valence-electron chi connectivity index (χ3n) is 4.67. The molecule has 29 heavy (non-hydrogen) atoms. The minimum absolute atomic E-state index is 0.00558. The molecular formula is C17H22N6O6. The molecule has 12 nitrogen and oxygen atoms in total. The van der Waals surface area contributed by atoms with Crippen LogP contribution in [-0.4, -0.2) is 70.0 Å². The molecule has 0 saturated carbocycles. The van der Waals surface area contributed by atoms with Gasteiger partial charge in [0.05, 0.1) is 36.7 Å². The van der Waals surface area contributed by atoms with Gasteiger partial charge in [-0.2, -0.15) is 10.2 Å². The lowest BCUT2D eigenvalue weighted by atomic mass is 10.0. The Morgan fingerprint density at radius 1 is 1.45 bits per heavy atom. The minimum Gasteiger partial charge on any atom is -0.394 e. The van der Waals surface area contributed by atoms with Crippen LogP contribution in [0.15, 0.2) is 17.2 Å². The van der Waals surface area contributed by atoms with E-state index in [1.165, 1.54) is 30.8 Å². The monoisotopic (exact) mass is 406 g/mol. The molecule has 0 unspecified atom stereocenters. The predicted octanol–water partition coefficient (Wildman–Crippen LogP) is -1.69. The highest BCUT2D eigenvalue weighted by atomic mass is 16.6. The molecular weight excluding hydrogens is 384 g/mol. The molecule has 6 N–H and O–H groups in total. The van der Waals surface area contributed by atoms with Gasteiger partial charge in [0, 0.05) is 0 Å². The SMILES string of the molecule is CC(C)(O)/C(=C\CC#N)n1c(N)nc2c(ncn2[C@@H]2O[C@H](CO)[C@@H](O)[C@H]2O)c1=O. The normalized spacial score (nSPS) is 25.5. The van der Waals surface area contributed by atoms with Gasteiger partial charge in [0.1, 0.15) is 18.3 Å². The first kappa shape index (κ1) is 20.9. The Hall–Kier alpha value is -2.82. The molecule has 0 radical (unpaired) electrons. The zero-order valence-electron chi connectivity index (χ0n) is 15.8. The Labute approximate surface area is 164 Å². The van der Waals surface area contributed by atoms with Crippen LogP contribution >= 0.6 is 0 Å². The number of aliphatic hydroxyl groups excluding tert-OH is 3. The second kappa shape index (κ2) is 7.54. The molecule has 0 amide bonds. The lowest BCUT2D eigenvalue weighted by molar-refractivity contribution is -0.0511. The van der Waals surface area contributed by atoms with Crippen LogP contribution in [0.1, 0.15) is 26.5 Å². The number of hydrogen-bond donors (Lipinski definition) is 5. The number of aromatic nitrogens is 4. The molecule has 1 aliphatic heterocycles. The van der Waals surface area contributed by atoms with Crippen LogP contribution < -0.4 is 11.3 Å². The summed E-state index contributed by atoms with van der Waals surface area (Å²) in [5.74, 6) is -0.276. The van der Waals surface area contributed by atoms with Crippen molar-refractivity contribution in [3.8, 4) is 6.07 Å². The number of nitrogen functional groups attached to an aromatic ring is 1. The maximum Gasteiger partial charge on any atom is 0.287 e. The molecule has 0 aromatic carbocycles. The Bertz CT molecular complexity index is 1050. The second-order valence-corrected chi connectivity index (χ2v) is 7.17. The molecule has 1 saturated heterocycles. The minimum atomic E-state index is -1.50. The van der Waals surface area contributed by atoms with Gasteiger partial charge < -0.3 is 30.9 Å². The summed E-state index contributed by atoms with van der Waals surface area (Å²) in [6.07, 6.45) is -2.38. The Kier molecular flexibility index (Phi) is 5.44. The highest BCUT2D eigenvalue weighted by Gasteiger charge is 2.44. The van der Waals surface area contributed by atoms with Crippen molar-refractivity contribution in [2.24, 2.45) is 0 Å². The van der Waals surface area contributed by atoms with E-state index in [2.05, 4.69) is 9.97 Å². The van der Waals surface area contributed by atoms with Crippen LogP contribution in [0, 0.1) is 11.3 Å². The smallest absolute Gasteiger partial charge is 0.287 e. The Morgan fingerprint density at radius 3 is 2.69 bits per heavy atom. The van der Waals surface area contributed by atoms with E-state index in [1.807, 2.05) is 6.07 Å². The summed E-state index contributed by atoms with van der Waals surface area (Å²) < 4.78 is 7.65. The first-order chi connectivity index (χ1) is 13.6. The third-order valence-corrected chi connectivity index (χ3v) is 4.67. The summed E-state index contributed by atoms with van der Waals surface area (Å²) >= 11 is 0. The summed E-state index contributed by atoms with van der Waals surface area (Å²) in [6.45, 7) is 2.36. The molecule has 12 heteroatoms. The summed E-state index contributed by atoms with van der Waals surface area (Å²) in [5.41, 5.74) is 3.73. The van der Waals surface area contributed by atoms with E-state index < -0.39 is 42.3 Å². The summed E-state index contributed by atoms with van der Waals surface area (Å²) in [4.78, 5) is 21.2. The number of anilines is 1. The number of nitrogens with zero attached hydrogens (tertiary/aromatic N) is 5. The van der Waals surface area contributed by atoms with Gasteiger partial charge in [-0.15, -0.1) is 0 Å². The fourth-order valence-corrected chi connectivity index (χ4v) is 3.27. The van der Waals surface area contributed by atoms with E-state index in [0.717, 1.165) is 4.57 Å². The highest BCUT2D eigenvalue weighted by molar-refractivity contribution is 5.74. The summed E-state index contributed by atoms with van der Waals surface area (Å²) in [5, 5.41) is 48.7. The molecule has 0 spiro atoms. The fraction of sp³-hybridized carbons (Fsp3) is 0.529. The molecule has 2 aromatic heterocycles. The van der Waals surface area contributed by atoms with Crippen LogP contribution in [0.25, 0.3) is 16.9 Å². The number of allylic oxidation sites excluding steroid dienone is 1. The average molecular weight is 406 g/mol. The van der Waals surface area contributed by atoms with Crippen molar-refractivity contribution in [2.45, 2.75) is 50.4 Å². The van der Waals surface area contributed by atoms with Crippen molar-refractivity contribution >= 4 is 22.8 Å². The van der Waals surface area contributed by atoms with Crippen LogP contribution in [0.4, 0.5) is 5.95 Å². The van der Waals surface area contributed by atoms with E-state index in [9.17, 15) is 25.2 Å². The van der Waals surface area contributed by atoms with Crippen molar-refractivity contribution in [2.75, 3.05) is 12.3 Å². The average Bonchev–Trinajstić information content (AvgIpc) is 3.18. The molecule has 4 atom stereocenters. The van der Waals surface area contributed by atoms with Crippen molar-refractivity contribution in [3.05, 3.63) is 22.8 Å². The largest absolute Gasteiger partial charge is 0.394 e. The van der Waals surface area contributed by atoms with E-state index >= 15 is 0 Å². The molecule has 156 valence electrons. The number of nitriles is 1. The molecule has 3 heterocycles. The molecule has 3 rings (SSSR count). The number of nitrogens with two attached hydrogens (primary N) is 1. The summed E-state index contributed by atoms with van der Waals surface area (Å²) in [7, 11) is 0. The van der Waals surface area contributed by atoms with Crippen LogP contribution in [0.5, 0.6) is 0 Å². The highest BCUT2D eigenvalue weighted by Crippen LogP contribution is 2.31. The molecule has 1 fully saturated rings. The van der Waals surface area contributed by atoms with E-state index in [4.69, 9.17) is 15.7 Å². The number of imidazole rings is 1. The van der Waals surface area contributed by atoms with Crippen molar-refractivity contribution in [1.29, 1.82) is 5.26 Å². The number of fused-ring (bicyclic) bond motifs is 1. The predicted molar refractivity (Wildman–Crippen MR) is 100 cm³/mol. The Morgan fingerprint density at radius 2 is 2.14 bits per heavy atom. The van der Waals surface area contributed by atoms with Gasteiger partial charge in [-0.3, -0.25) is 9.36 Å². The standard InChI is InChI=1S/C17H22N6O6/c1-17(2,28)9(4-3-5-18)23-14(27)10-13(21-16(23)19)22(7-20-10)15-12(26)11(25)8(6-24)29-15/h4,7-8,11-12,15,24-26,28H,3,6H2,1-2H3,(H2,19,21)/b9-4+/t8-,11-,12-,15-/m1/s1. The van der Waals surface area contributed by atoms with Gasteiger partial charge in [-0.05, 0) is 19.9 Å². The number of hydrogen-bond acceptors (Lipinski definition) is 10. The van der Waals surface area contributed by atoms with Gasteiger partial charge >= 0.3 is 0 Å². The molecule has 1 aliphatic rings. The summed E-state index contributed by atoms with van der Waals surface area (Å²) in [6, 6.07) is 1.90. The van der Waals surface area contributed by atoms with E-state index in [0.29, 0.717) is 0 Å². The topological polar surface area (TPSA) is 193 Å². The zero-order chi connectivity index (χ0) is 21.5. The first-order valence-corrected chi connectivity index (χ1v) is 8.79. The maximum atomic E-state index is 13.0. The van der Waals surface area contributed by atoms with Crippen molar-refractivity contribution in [1.82, 2.24) is 19.1 Å². The van der Waals surface area contributed by atoms with Crippen molar-refractivity contribution in [3.63, 3.8) is 0 Å². The van der Waals surface area contributed by atoms with Crippen LogP contribution in [-0.2, 0) is 4.74 Å². The van der Waals surface area contributed by atoms with Gasteiger partial charge in [0.15, 0.2) is 17.4 Å².